The van der Waals surface area contributed by atoms with E-state index in [0.29, 0.717) is 22.5 Å². The molecular weight excluding hydrogens is 590 g/mol. The standard InChI is InChI=1S/C34H33N5O5S/c1-22-19-28(39(43)44)17-18-30(22)36-32(40)23(2)45-29-12-8-11-26(21-29)35-34(42)31(37-33(41)25-9-6-5-7-10-25)20-24-13-15-27(16-14-24)38(3)4/h5-21,23H,1-4H3,(H,35,42)(H,36,40)(H,37,41)/b31-20+. The zero-order chi connectivity index (χ0) is 32.5. The molecule has 1 atom stereocenters. The average Bonchev–Trinajstić information content (AvgIpc) is 3.02. The number of rotatable bonds is 11. The topological polar surface area (TPSA) is 134 Å². The number of hydrogen-bond donors (Lipinski definition) is 3. The molecule has 45 heavy (non-hydrogen) atoms. The Balaban J connectivity index is 1.48. The van der Waals surface area contributed by atoms with E-state index in [0.717, 1.165) is 16.1 Å². The van der Waals surface area contributed by atoms with E-state index in [9.17, 15) is 24.5 Å². The second-order valence-electron chi connectivity index (χ2n) is 10.4. The quantitative estimate of drug-likeness (QED) is 0.0752. The SMILES string of the molecule is Cc1cc([N+](=O)[O-])ccc1NC(=O)C(C)Sc1cccc(NC(=O)/C(=C\c2ccc(N(C)C)cc2)NC(=O)c2ccccc2)c1. The number of nitrogens with zero attached hydrogens (tertiary/aromatic N) is 2. The predicted octanol–water partition coefficient (Wildman–Crippen LogP) is 6.50. The first-order chi connectivity index (χ1) is 21.5. The summed E-state index contributed by atoms with van der Waals surface area (Å²) in [5.41, 5.74) is 3.69. The van der Waals surface area contributed by atoms with Crippen molar-refractivity contribution in [3.05, 3.63) is 130 Å². The molecule has 0 aliphatic rings. The molecule has 0 aliphatic heterocycles. The van der Waals surface area contributed by atoms with Gasteiger partial charge in [-0.1, -0.05) is 36.4 Å². The average molecular weight is 624 g/mol. The molecule has 0 saturated carbocycles. The third kappa shape index (κ3) is 9.04. The second kappa shape index (κ2) is 14.8. The first-order valence-corrected chi connectivity index (χ1v) is 14.9. The van der Waals surface area contributed by atoms with Gasteiger partial charge in [-0.05, 0) is 79.6 Å². The van der Waals surface area contributed by atoms with Crippen LogP contribution in [-0.4, -0.2) is 42.0 Å². The van der Waals surface area contributed by atoms with Crippen molar-refractivity contribution in [2.75, 3.05) is 29.6 Å². The summed E-state index contributed by atoms with van der Waals surface area (Å²) < 4.78 is 0. The molecule has 0 saturated heterocycles. The van der Waals surface area contributed by atoms with Gasteiger partial charge in [0.1, 0.15) is 5.70 Å². The van der Waals surface area contributed by atoms with Gasteiger partial charge in [-0.25, -0.2) is 0 Å². The lowest BCUT2D eigenvalue weighted by atomic mass is 10.1. The number of carbonyl (C=O) groups is 3. The van der Waals surface area contributed by atoms with E-state index in [-0.39, 0.29) is 17.3 Å². The van der Waals surface area contributed by atoms with Crippen molar-refractivity contribution in [1.29, 1.82) is 0 Å². The van der Waals surface area contributed by atoms with Crippen LogP contribution < -0.4 is 20.9 Å². The van der Waals surface area contributed by atoms with Crippen molar-refractivity contribution in [3.8, 4) is 0 Å². The Hall–Kier alpha value is -5.42. The van der Waals surface area contributed by atoms with Crippen LogP contribution in [0.2, 0.25) is 0 Å². The lowest BCUT2D eigenvalue weighted by molar-refractivity contribution is -0.384. The van der Waals surface area contributed by atoms with E-state index in [1.54, 1.807) is 68.5 Å². The van der Waals surface area contributed by atoms with Crippen LogP contribution in [0.25, 0.3) is 6.08 Å². The number of hydrogen-bond acceptors (Lipinski definition) is 7. The van der Waals surface area contributed by atoms with Crippen molar-refractivity contribution in [2.45, 2.75) is 24.0 Å². The summed E-state index contributed by atoms with van der Waals surface area (Å²) in [5.74, 6) is -1.22. The smallest absolute Gasteiger partial charge is 0.272 e. The van der Waals surface area contributed by atoms with Crippen molar-refractivity contribution in [3.63, 3.8) is 0 Å². The number of thioether (sulfide) groups is 1. The van der Waals surface area contributed by atoms with Gasteiger partial charge < -0.3 is 20.9 Å². The first-order valence-electron chi connectivity index (χ1n) is 14.0. The Bertz CT molecular complexity index is 1740. The van der Waals surface area contributed by atoms with Gasteiger partial charge in [0.25, 0.3) is 17.5 Å². The molecule has 0 aromatic heterocycles. The fourth-order valence-electron chi connectivity index (χ4n) is 4.22. The summed E-state index contributed by atoms with van der Waals surface area (Å²) in [6, 6.07) is 27.5. The van der Waals surface area contributed by atoms with E-state index in [1.165, 1.54) is 30.0 Å². The molecule has 4 aromatic carbocycles. The molecule has 1 unspecified atom stereocenters. The molecule has 3 amide bonds. The monoisotopic (exact) mass is 623 g/mol. The maximum Gasteiger partial charge on any atom is 0.272 e. The number of nitro groups is 1. The lowest BCUT2D eigenvalue weighted by Gasteiger charge is -2.15. The van der Waals surface area contributed by atoms with Gasteiger partial charge in [0.05, 0.1) is 10.2 Å². The normalized spacial score (nSPS) is 11.7. The number of amides is 3. The highest BCUT2D eigenvalue weighted by atomic mass is 32.2. The van der Waals surface area contributed by atoms with E-state index < -0.39 is 22.0 Å². The van der Waals surface area contributed by atoms with Crippen molar-refractivity contribution < 1.29 is 19.3 Å². The third-order valence-electron chi connectivity index (χ3n) is 6.70. The summed E-state index contributed by atoms with van der Waals surface area (Å²) in [4.78, 5) is 52.6. The molecule has 0 heterocycles. The van der Waals surface area contributed by atoms with Crippen molar-refractivity contribution >= 4 is 58.3 Å². The van der Waals surface area contributed by atoms with Gasteiger partial charge in [-0.2, -0.15) is 0 Å². The van der Waals surface area contributed by atoms with E-state index in [1.807, 2.05) is 49.3 Å². The highest BCUT2D eigenvalue weighted by Crippen LogP contribution is 2.28. The molecule has 0 radical (unpaired) electrons. The Labute approximate surface area is 265 Å². The van der Waals surface area contributed by atoms with E-state index in [2.05, 4.69) is 16.0 Å². The van der Waals surface area contributed by atoms with Gasteiger partial charge in [-0.15, -0.1) is 11.8 Å². The zero-order valence-electron chi connectivity index (χ0n) is 25.2. The molecule has 4 aromatic rings. The van der Waals surface area contributed by atoms with Crippen LogP contribution in [0.1, 0.15) is 28.4 Å². The number of benzene rings is 4. The van der Waals surface area contributed by atoms with Crippen LogP contribution in [0.4, 0.5) is 22.7 Å². The molecule has 0 spiro atoms. The summed E-state index contributed by atoms with van der Waals surface area (Å²) in [6.07, 6.45) is 1.61. The number of anilines is 3. The van der Waals surface area contributed by atoms with Gasteiger partial charge in [0, 0.05) is 53.7 Å². The van der Waals surface area contributed by atoms with E-state index >= 15 is 0 Å². The highest BCUT2D eigenvalue weighted by molar-refractivity contribution is 8.00. The first kappa shape index (κ1) is 32.5. The van der Waals surface area contributed by atoms with Crippen molar-refractivity contribution in [2.24, 2.45) is 0 Å². The van der Waals surface area contributed by atoms with Crippen molar-refractivity contribution in [1.82, 2.24) is 5.32 Å². The number of aryl methyl sites for hydroxylation is 1. The lowest BCUT2D eigenvalue weighted by Crippen LogP contribution is -2.30. The van der Waals surface area contributed by atoms with Crippen LogP contribution in [0.5, 0.6) is 0 Å². The largest absolute Gasteiger partial charge is 0.378 e. The summed E-state index contributed by atoms with van der Waals surface area (Å²) >= 11 is 1.29. The number of non-ortho nitro benzene ring substituents is 1. The Kier molecular flexibility index (Phi) is 10.7. The number of nitro benzene ring substituents is 1. The van der Waals surface area contributed by atoms with Crippen LogP contribution in [-0.2, 0) is 9.59 Å². The predicted molar refractivity (Wildman–Crippen MR) is 180 cm³/mol. The summed E-state index contributed by atoms with van der Waals surface area (Å²) in [5, 5.41) is 18.9. The Morgan fingerprint density at radius 2 is 1.60 bits per heavy atom. The third-order valence-corrected chi connectivity index (χ3v) is 7.80. The summed E-state index contributed by atoms with van der Waals surface area (Å²) in [7, 11) is 3.87. The molecule has 0 fully saturated rings. The maximum atomic E-state index is 13.5. The number of nitrogens with one attached hydrogen (secondary N) is 3. The summed E-state index contributed by atoms with van der Waals surface area (Å²) in [6.45, 7) is 3.43. The molecular formula is C34H33N5O5S. The minimum atomic E-state index is -0.517. The van der Waals surface area contributed by atoms with Gasteiger partial charge in [-0.3, -0.25) is 24.5 Å². The Morgan fingerprint density at radius 3 is 2.24 bits per heavy atom. The van der Waals surface area contributed by atoms with E-state index in [4.69, 9.17) is 0 Å². The molecule has 3 N–H and O–H groups in total. The fourth-order valence-corrected chi connectivity index (χ4v) is 5.14. The molecule has 4 rings (SSSR count). The molecule has 230 valence electrons. The minimum absolute atomic E-state index is 0.0494. The highest BCUT2D eigenvalue weighted by Gasteiger charge is 2.19. The zero-order valence-corrected chi connectivity index (χ0v) is 26.1. The van der Waals surface area contributed by atoms with Crippen LogP contribution >= 0.6 is 11.8 Å². The fraction of sp³-hybridized carbons (Fsp3) is 0.147. The molecule has 0 bridgehead atoms. The number of carbonyl (C=O) groups excluding carboxylic acids is 3. The van der Waals surface area contributed by atoms with Crippen LogP contribution in [0.15, 0.2) is 108 Å². The second-order valence-corrected chi connectivity index (χ2v) is 11.8. The molecule has 10 nitrogen and oxygen atoms in total. The Morgan fingerprint density at radius 1 is 0.889 bits per heavy atom. The van der Waals surface area contributed by atoms with Gasteiger partial charge >= 0.3 is 0 Å². The maximum absolute atomic E-state index is 13.5. The molecule has 0 aliphatic carbocycles. The van der Waals surface area contributed by atoms with Crippen LogP contribution in [0, 0.1) is 17.0 Å². The van der Waals surface area contributed by atoms with Crippen LogP contribution in [0.3, 0.4) is 0 Å². The minimum Gasteiger partial charge on any atom is -0.378 e. The van der Waals surface area contributed by atoms with Gasteiger partial charge in [0.2, 0.25) is 5.91 Å². The molecule has 11 heteroatoms. The van der Waals surface area contributed by atoms with Gasteiger partial charge in [0.15, 0.2) is 0 Å².